The molecule has 0 bridgehead atoms. The number of rotatable bonds is 5. The van der Waals surface area contributed by atoms with E-state index in [1.54, 1.807) is 6.20 Å². The topological polar surface area (TPSA) is 81.4 Å². The zero-order chi connectivity index (χ0) is 19.0. The molecule has 0 spiro atoms. The maximum Gasteiger partial charge on any atom is 0.356 e. The Morgan fingerprint density at radius 1 is 1.00 bits per heavy atom. The van der Waals surface area contributed by atoms with Gasteiger partial charge in [0.1, 0.15) is 0 Å². The van der Waals surface area contributed by atoms with Gasteiger partial charge in [-0.05, 0) is 47.7 Å². The van der Waals surface area contributed by atoms with Crippen LogP contribution in [-0.4, -0.2) is 33.9 Å². The zero-order valence-electron chi connectivity index (χ0n) is 14.8. The van der Waals surface area contributed by atoms with Crippen LogP contribution in [-0.2, 0) is 14.9 Å². The molecule has 0 radical (unpaired) electrons. The lowest BCUT2D eigenvalue weighted by Crippen LogP contribution is -2.21. The van der Waals surface area contributed by atoms with Crippen LogP contribution >= 0.6 is 0 Å². The van der Waals surface area contributed by atoms with Crippen LogP contribution in [0.25, 0.3) is 16.8 Å². The minimum atomic E-state index is -1.05. The highest BCUT2D eigenvalue weighted by Gasteiger charge is 2.52. The van der Waals surface area contributed by atoms with E-state index in [1.165, 1.54) is 17.9 Å². The summed E-state index contributed by atoms with van der Waals surface area (Å²) in [6.07, 6.45) is 3.28. The lowest BCUT2D eigenvalue weighted by molar-refractivity contribution is -0.143. The molecule has 1 aliphatic rings. The molecule has 3 aromatic rings. The Labute approximate surface area is 156 Å². The van der Waals surface area contributed by atoms with Crippen LogP contribution in [0, 0.1) is 0 Å². The average molecular weight is 362 g/mol. The Morgan fingerprint density at radius 2 is 1.59 bits per heavy atom. The van der Waals surface area contributed by atoms with Gasteiger partial charge in [0.05, 0.1) is 18.2 Å². The third-order valence-electron chi connectivity index (χ3n) is 5.04. The standard InChI is InChI=1S/C21H18N2O4/c1-27-20(26)21(11-12-21)16-6-2-14(3-7-16)15-4-8-17(9-5-15)23-13-10-18(22-23)19(24)25/h2-10,13H,11-12H2,1H3,(H,24,25). The molecule has 0 saturated heterocycles. The molecule has 6 nitrogen and oxygen atoms in total. The highest BCUT2D eigenvalue weighted by atomic mass is 16.5. The number of benzene rings is 2. The van der Waals surface area contributed by atoms with Crippen LogP contribution in [0.2, 0.25) is 0 Å². The van der Waals surface area contributed by atoms with E-state index in [2.05, 4.69) is 5.10 Å². The Bertz CT molecular complexity index is 999. The van der Waals surface area contributed by atoms with Crippen LogP contribution < -0.4 is 0 Å². The van der Waals surface area contributed by atoms with E-state index in [0.717, 1.165) is 35.2 Å². The molecule has 1 N–H and O–H groups in total. The molecule has 136 valence electrons. The van der Waals surface area contributed by atoms with Gasteiger partial charge in [-0.1, -0.05) is 36.4 Å². The van der Waals surface area contributed by atoms with Gasteiger partial charge in [-0.2, -0.15) is 5.10 Å². The summed E-state index contributed by atoms with van der Waals surface area (Å²) in [6, 6.07) is 17.1. The van der Waals surface area contributed by atoms with Crippen molar-refractivity contribution in [3.8, 4) is 16.8 Å². The maximum atomic E-state index is 12.0. The van der Waals surface area contributed by atoms with Gasteiger partial charge >= 0.3 is 11.9 Å². The van der Waals surface area contributed by atoms with E-state index >= 15 is 0 Å². The van der Waals surface area contributed by atoms with Gasteiger partial charge in [-0.15, -0.1) is 0 Å². The first-order valence-electron chi connectivity index (χ1n) is 8.62. The number of carboxylic acids is 1. The van der Waals surface area contributed by atoms with E-state index in [4.69, 9.17) is 9.84 Å². The molecule has 27 heavy (non-hydrogen) atoms. The van der Waals surface area contributed by atoms with Crippen molar-refractivity contribution in [3.05, 3.63) is 72.1 Å². The predicted molar refractivity (Wildman–Crippen MR) is 98.9 cm³/mol. The summed E-state index contributed by atoms with van der Waals surface area (Å²) < 4.78 is 6.47. The minimum absolute atomic E-state index is 0.00859. The van der Waals surface area contributed by atoms with Crippen LogP contribution in [0.5, 0.6) is 0 Å². The van der Waals surface area contributed by atoms with Gasteiger partial charge in [-0.25, -0.2) is 9.48 Å². The molecule has 0 aliphatic heterocycles. The summed E-state index contributed by atoms with van der Waals surface area (Å²) >= 11 is 0. The molecule has 0 unspecified atom stereocenters. The van der Waals surface area contributed by atoms with E-state index in [9.17, 15) is 9.59 Å². The number of hydrogen-bond acceptors (Lipinski definition) is 4. The molecule has 1 fully saturated rings. The van der Waals surface area contributed by atoms with Gasteiger partial charge in [0.25, 0.3) is 0 Å². The number of carbonyl (C=O) groups is 2. The van der Waals surface area contributed by atoms with Crippen molar-refractivity contribution < 1.29 is 19.4 Å². The van der Waals surface area contributed by atoms with Crippen LogP contribution in [0.1, 0.15) is 28.9 Å². The fraction of sp³-hybridized carbons (Fsp3) is 0.190. The first kappa shape index (κ1) is 17.0. The van der Waals surface area contributed by atoms with Crippen molar-refractivity contribution >= 4 is 11.9 Å². The summed E-state index contributed by atoms with van der Waals surface area (Å²) in [4.78, 5) is 22.9. The zero-order valence-corrected chi connectivity index (χ0v) is 14.8. The summed E-state index contributed by atoms with van der Waals surface area (Å²) in [5, 5.41) is 13.0. The number of hydrogen-bond donors (Lipinski definition) is 1. The molecule has 6 heteroatoms. The van der Waals surface area contributed by atoms with E-state index < -0.39 is 11.4 Å². The van der Waals surface area contributed by atoms with Crippen molar-refractivity contribution in [2.24, 2.45) is 0 Å². The predicted octanol–water partition coefficient (Wildman–Crippen LogP) is 3.44. The number of aromatic carboxylic acids is 1. The smallest absolute Gasteiger partial charge is 0.356 e. The van der Waals surface area contributed by atoms with Gasteiger partial charge in [0.2, 0.25) is 0 Å². The number of nitrogens with zero attached hydrogens (tertiary/aromatic N) is 2. The molecule has 2 aromatic carbocycles. The normalized spacial score (nSPS) is 14.6. The fourth-order valence-electron chi connectivity index (χ4n) is 3.30. The molecule has 1 saturated carbocycles. The molecule has 4 rings (SSSR count). The molecule has 0 atom stereocenters. The lowest BCUT2D eigenvalue weighted by Gasteiger charge is -2.13. The second kappa shape index (κ2) is 6.39. The van der Waals surface area contributed by atoms with Gasteiger partial charge in [0.15, 0.2) is 5.69 Å². The molecule has 0 amide bonds. The Kier molecular flexibility index (Phi) is 4.03. The lowest BCUT2D eigenvalue weighted by atomic mass is 9.94. The first-order valence-corrected chi connectivity index (χ1v) is 8.62. The van der Waals surface area contributed by atoms with E-state index in [1.807, 2.05) is 48.5 Å². The van der Waals surface area contributed by atoms with Crippen molar-refractivity contribution in [2.75, 3.05) is 7.11 Å². The average Bonchev–Trinajstić information content (AvgIpc) is 3.36. The van der Waals surface area contributed by atoms with Crippen molar-refractivity contribution in [1.29, 1.82) is 0 Å². The second-order valence-electron chi connectivity index (χ2n) is 6.65. The largest absolute Gasteiger partial charge is 0.476 e. The van der Waals surface area contributed by atoms with Gasteiger partial charge in [0, 0.05) is 6.20 Å². The number of carbonyl (C=O) groups excluding carboxylic acids is 1. The molecule has 1 aromatic heterocycles. The third-order valence-corrected chi connectivity index (χ3v) is 5.04. The Balaban J connectivity index is 1.55. The maximum absolute atomic E-state index is 12.0. The van der Waals surface area contributed by atoms with Crippen LogP contribution in [0.4, 0.5) is 0 Å². The molecule has 1 heterocycles. The van der Waals surface area contributed by atoms with Gasteiger partial charge in [-0.3, -0.25) is 4.79 Å². The van der Waals surface area contributed by atoms with Gasteiger partial charge < -0.3 is 9.84 Å². The first-order chi connectivity index (χ1) is 13.0. The number of ether oxygens (including phenoxy) is 1. The monoisotopic (exact) mass is 362 g/mol. The highest BCUT2D eigenvalue weighted by molar-refractivity contribution is 5.87. The molecular formula is C21H18N2O4. The Hall–Kier alpha value is -3.41. The fourth-order valence-corrected chi connectivity index (χ4v) is 3.30. The van der Waals surface area contributed by atoms with E-state index in [-0.39, 0.29) is 11.7 Å². The molecular weight excluding hydrogens is 344 g/mol. The van der Waals surface area contributed by atoms with E-state index in [0.29, 0.717) is 0 Å². The second-order valence-corrected chi connectivity index (χ2v) is 6.65. The summed E-state index contributed by atoms with van der Waals surface area (Å²) in [6.45, 7) is 0. The van der Waals surface area contributed by atoms with Crippen LogP contribution in [0.3, 0.4) is 0 Å². The highest BCUT2D eigenvalue weighted by Crippen LogP contribution is 2.49. The Morgan fingerprint density at radius 3 is 2.07 bits per heavy atom. The number of methoxy groups -OCH3 is 1. The van der Waals surface area contributed by atoms with Crippen molar-refractivity contribution in [3.63, 3.8) is 0 Å². The quantitative estimate of drug-likeness (QED) is 0.703. The molecule has 1 aliphatic carbocycles. The number of carboxylic acid groups (broad SMARTS) is 1. The third kappa shape index (κ3) is 2.99. The summed E-state index contributed by atoms with van der Waals surface area (Å²) in [5.74, 6) is -1.22. The van der Waals surface area contributed by atoms with Crippen molar-refractivity contribution in [2.45, 2.75) is 18.3 Å². The minimum Gasteiger partial charge on any atom is -0.476 e. The van der Waals surface area contributed by atoms with Crippen molar-refractivity contribution in [1.82, 2.24) is 9.78 Å². The van der Waals surface area contributed by atoms with Crippen LogP contribution in [0.15, 0.2) is 60.8 Å². The number of aromatic nitrogens is 2. The number of esters is 1. The summed E-state index contributed by atoms with van der Waals surface area (Å²) in [7, 11) is 1.43. The summed E-state index contributed by atoms with van der Waals surface area (Å²) in [5.41, 5.74) is 3.39. The SMILES string of the molecule is COC(=O)C1(c2ccc(-c3ccc(-n4ccc(C(=O)O)n4)cc3)cc2)CC1.